The molecule has 1 saturated carbocycles. The molecule has 0 saturated heterocycles. The Morgan fingerprint density at radius 1 is 1.04 bits per heavy atom. The predicted molar refractivity (Wildman–Crippen MR) is 86.5 cm³/mol. The molecule has 23 heavy (non-hydrogen) atoms. The first kappa shape index (κ1) is 15.2. The largest absolute Gasteiger partial charge is 0.326 e. The smallest absolute Gasteiger partial charge is 0.230 e. The average Bonchev–Trinajstić information content (AvgIpc) is 3.37. The summed E-state index contributed by atoms with van der Waals surface area (Å²) in [6.07, 6.45) is 0.545. The van der Waals surface area contributed by atoms with E-state index in [9.17, 15) is 14.0 Å². The highest BCUT2D eigenvalue weighted by molar-refractivity contribution is 6.04. The SMILES string of the molecule is CN(C(=O)C1CC1C(=O)Nc1ccc(F)cc1)c1ccccc1. The van der Waals surface area contributed by atoms with Crippen LogP contribution in [0.25, 0.3) is 0 Å². The van der Waals surface area contributed by atoms with E-state index in [0.717, 1.165) is 5.69 Å². The minimum absolute atomic E-state index is 0.0598. The topological polar surface area (TPSA) is 49.4 Å². The Morgan fingerprint density at radius 2 is 1.70 bits per heavy atom. The van der Waals surface area contributed by atoms with Crippen LogP contribution in [0.2, 0.25) is 0 Å². The molecule has 2 unspecified atom stereocenters. The minimum atomic E-state index is -0.355. The Balaban J connectivity index is 1.59. The number of amides is 2. The van der Waals surface area contributed by atoms with E-state index in [1.54, 1.807) is 11.9 Å². The lowest BCUT2D eigenvalue weighted by Crippen LogP contribution is -2.29. The number of carbonyl (C=O) groups excluding carboxylic acids is 2. The number of anilines is 2. The zero-order valence-corrected chi connectivity index (χ0v) is 12.7. The first-order chi connectivity index (χ1) is 11.1. The van der Waals surface area contributed by atoms with Gasteiger partial charge in [0.25, 0.3) is 0 Å². The van der Waals surface area contributed by atoms with Gasteiger partial charge in [-0.1, -0.05) is 18.2 Å². The summed E-state index contributed by atoms with van der Waals surface area (Å²) in [5, 5.41) is 2.72. The molecule has 2 aromatic rings. The van der Waals surface area contributed by atoms with E-state index >= 15 is 0 Å². The fourth-order valence-electron chi connectivity index (χ4n) is 2.55. The molecule has 2 atom stereocenters. The van der Waals surface area contributed by atoms with Crippen molar-refractivity contribution < 1.29 is 14.0 Å². The molecule has 3 rings (SSSR count). The van der Waals surface area contributed by atoms with E-state index in [4.69, 9.17) is 0 Å². The van der Waals surface area contributed by atoms with E-state index in [-0.39, 0.29) is 29.5 Å². The van der Waals surface area contributed by atoms with Crippen LogP contribution < -0.4 is 10.2 Å². The number of carbonyl (C=O) groups is 2. The summed E-state index contributed by atoms with van der Waals surface area (Å²) in [6.45, 7) is 0. The molecule has 5 heteroatoms. The van der Waals surface area contributed by atoms with E-state index < -0.39 is 0 Å². The summed E-state index contributed by atoms with van der Waals surface area (Å²) in [7, 11) is 1.71. The maximum absolute atomic E-state index is 12.9. The van der Waals surface area contributed by atoms with E-state index in [1.165, 1.54) is 24.3 Å². The Labute approximate surface area is 133 Å². The molecule has 1 fully saturated rings. The summed E-state index contributed by atoms with van der Waals surface area (Å²) >= 11 is 0. The van der Waals surface area contributed by atoms with Gasteiger partial charge in [0.2, 0.25) is 11.8 Å². The van der Waals surface area contributed by atoms with Crippen LogP contribution in [-0.2, 0) is 9.59 Å². The lowest BCUT2D eigenvalue weighted by Gasteiger charge is -2.17. The molecule has 2 aromatic carbocycles. The van der Waals surface area contributed by atoms with Gasteiger partial charge in [-0.2, -0.15) is 0 Å². The number of hydrogen-bond donors (Lipinski definition) is 1. The molecular formula is C18H17FN2O2. The molecule has 2 amide bonds. The second-order valence-corrected chi connectivity index (χ2v) is 5.68. The summed E-state index contributed by atoms with van der Waals surface area (Å²) in [6, 6.07) is 14.9. The summed E-state index contributed by atoms with van der Waals surface area (Å²) in [5.74, 6) is -1.22. The van der Waals surface area contributed by atoms with Crippen LogP contribution in [0.15, 0.2) is 54.6 Å². The molecule has 1 aliphatic carbocycles. The number of para-hydroxylation sites is 1. The van der Waals surface area contributed by atoms with Crippen LogP contribution in [-0.4, -0.2) is 18.9 Å². The normalized spacial score (nSPS) is 19.0. The molecule has 0 aromatic heterocycles. The number of hydrogen-bond acceptors (Lipinski definition) is 2. The molecule has 0 heterocycles. The fraction of sp³-hybridized carbons (Fsp3) is 0.222. The lowest BCUT2D eigenvalue weighted by molar-refractivity contribution is -0.123. The van der Waals surface area contributed by atoms with Crippen LogP contribution >= 0.6 is 0 Å². The Hall–Kier alpha value is -2.69. The van der Waals surface area contributed by atoms with E-state index in [0.29, 0.717) is 12.1 Å². The van der Waals surface area contributed by atoms with Crippen molar-refractivity contribution in [2.24, 2.45) is 11.8 Å². The Morgan fingerprint density at radius 3 is 2.35 bits per heavy atom. The first-order valence-corrected chi connectivity index (χ1v) is 7.45. The number of rotatable bonds is 4. The van der Waals surface area contributed by atoms with Crippen molar-refractivity contribution in [3.63, 3.8) is 0 Å². The van der Waals surface area contributed by atoms with Gasteiger partial charge >= 0.3 is 0 Å². The maximum Gasteiger partial charge on any atom is 0.230 e. The van der Waals surface area contributed by atoms with Crippen LogP contribution in [0.1, 0.15) is 6.42 Å². The molecule has 0 bridgehead atoms. The van der Waals surface area contributed by atoms with Gasteiger partial charge in [-0.15, -0.1) is 0 Å². The maximum atomic E-state index is 12.9. The van der Waals surface area contributed by atoms with Crippen LogP contribution in [0.4, 0.5) is 15.8 Å². The van der Waals surface area contributed by atoms with Gasteiger partial charge in [0.1, 0.15) is 5.82 Å². The summed E-state index contributed by atoms with van der Waals surface area (Å²) in [4.78, 5) is 26.2. The van der Waals surface area contributed by atoms with Crippen molar-refractivity contribution in [1.82, 2.24) is 0 Å². The highest BCUT2D eigenvalue weighted by Gasteiger charge is 2.49. The van der Waals surface area contributed by atoms with Crippen molar-refractivity contribution in [3.05, 3.63) is 60.4 Å². The second kappa shape index (κ2) is 6.20. The monoisotopic (exact) mass is 312 g/mol. The van der Waals surface area contributed by atoms with Crippen molar-refractivity contribution in [2.75, 3.05) is 17.3 Å². The van der Waals surface area contributed by atoms with Crippen LogP contribution in [0, 0.1) is 17.7 Å². The Bertz CT molecular complexity index is 716. The number of nitrogens with zero attached hydrogens (tertiary/aromatic N) is 1. The van der Waals surface area contributed by atoms with Crippen LogP contribution in [0.3, 0.4) is 0 Å². The van der Waals surface area contributed by atoms with Gasteiger partial charge in [0.15, 0.2) is 0 Å². The fourth-order valence-corrected chi connectivity index (χ4v) is 2.55. The molecular weight excluding hydrogens is 295 g/mol. The molecule has 1 N–H and O–H groups in total. The summed E-state index contributed by atoms with van der Waals surface area (Å²) in [5.41, 5.74) is 1.34. The standard InChI is InChI=1S/C18H17FN2O2/c1-21(14-5-3-2-4-6-14)18(23)16-11-15(16)17(22)20-13-9-7-12(19)8-10-13/h2-10,15-16H,11H2,1H3,(H,20,22). The Kier molecular flexibility index (Phi) is 4.10. The molecule has 1 aliphatic rings. The second-order valence-electron chi connectivity index (χ2n) is 5.68. The van der Waals surface area contributed by atoms with E-state index in [1.807, 2.05) is 30.3 Å². The third kappa shape index (κ3) is 3.39. The van der Waals surface area contributed by atoms with Gasteiger partial charge in [-0.25, -0.2) is 4.39 Å². The van der Waals surface area contributed by atoms with Gasteiger partial charge in [-0.3, -0.25) is 9.59 Å². The number of benzene rings is 2. The molecule has 4 nitrogen and oxygen atoms in total. The highest BCUT2D eigenvalue weighted by Crippen LogP contribution is 2.41. The zero-order valence-electron chi connectivity index (χ0n) is 12.7. The quantitative estimate of drug-likeness (QED) is 0.943. The molecule has 0 spiro atoms. The van der Waals surface area contributed by atoms with Crippen molar-refractivity contribution in [2.45, 2.75) is 6.42 Å². The third-order valence-corrected chi connectivity index (χ3v) is 4.03. The van der Waals surface area contributed by atoms with E-state index in [2.05, 4.69) is 5.32 Å². The van der Waals surface area contributed by atoms with Gasteiger partial charge in [0, 0.05) is 18.4 Å². The average molecular weight is 312 g/mol. The summed E-state index contributed by atoms with van der Waals surface area (Å²) < 4.78 is 12.9. The molecule has 0 radical (unpaired) electrons. The third-order valence-electron chi connectivity index (χ3n) is 4.03. The van der Waals surface area contributed by atoms with Crippen molar-refractivity contribution >= 4 is 23.2 Å². The molecule has 0 aliphatic heterocycles. The van der Waals surface area contributed by atoms with Gasteiger partial charge in [0.05, 0.1) is 11.8 Å². The first-order valence-electron chi connectivity index (χ1n) is 7.45. The number of halogens is 1. The lowest BCUT2D eigenvalue weighted by atomic mass is 10.2. The van der Waals surface area contributed by atoms with Crippen molar-refractivity contribution in [1.29, 1.82) is 0 Å². The van der Waals surface area contributed by atoms with Crippen LogP contribution in [0.5, 0.6) is 0 Å². The van der Waals surface area contributed by atoms with Gasteiger partial charge in [-0.05, 0) is 42.8 Å². The van der Waals surface area contributed by atoms with Gasteiger partial charge < -0.3 is 10.2 Å². The molecule has 118 valence electrons. The minimum Gasteiger partial charge on any atom is -0.326 e. The predicted octanol–water partition coefficient (Wildman–Crippen LogP) is 3.06. The number of nitrogens with one attached hydrogen (secondary N) is 1. The zero-order chi connectivity index (χ0) is 16.4. The highest BCUT2D eigenvalue weighted by atomic mass is 19.1. The van der Waals surface area contributed by atoms with Crippen molar-refractivity contribution in [3.8, 4) is 0 Å².